The molecule has 2 rings (SSSR count). The van der Waals surface area contributed by atoms with E-state index in [1.54, 1.807) is 0 Å². The van der Waals surface area contributed by atoms with Gasteiger partial charge in [-0.1, -0.05) is 59.8 Å². The van der Waals surface area contributed by atoms with Gasteiger partial charge in [-0.15, -0.1) is 0 Å². The number of nitrogens with zero attached hydrogens (tertiary/aromatic N) is 1. The van der Waals surface area contributed by atoms with Gasteiger partial charge in [0.1, 0.15) is 0 Å². The summed E-state index contributed by atoms with van der Waals surface area (Å²) in [6.07, 6.45) is 8.27. The van der Waals surface area contributed by atoms with E-state index in [0.717, 1.165) is 19.0 Å². The van der Waals surface area contributed by atoms with Crippen molar-refractivity contribution in [3.8, 4) is 0 Å². The molecule has 1 aromatic rings. The van der Waals surface area contributed by atoms with Gasteiger partial charge >= 0.3 is 0 Å². The number of hydrogen-bond acceptors (Lipinski definition) is 2. The molecule has 1 aliphatic carbocycles. The lowest BCUT2D eigenvalue weighted by Gasteiger charge is -2.33. The molecule has 1 saturated carbocycles. The molecule has 0 saturated heterocycles. The van der Waals surface area contributed by atoms with Crippen molar-refractivity contribution < 1.29 is 0 Å². The van der Waals surface area contributed by atoms with Crippen LogP contribution in [-0.2, 0) is 6.54 Å². The van der Waals surface area contributed by atoms with Crippen molar-refractivity contribution in [1.82, 2.24) is 4.90 Å². The van der Waals surface area contributed by atoms with Crippen LogP contribution >= 0.6 is 15.9 Å². The highest BCUT2D eigenvalue weighted by molar-refractivity contribution is 9.10. The molecule has 3 heteroatoms. The highest BCUT2D eigenvalue weighted by Gasteiger charge is 2.25. The normalized spacial score (nSPS) is 19.0. The predicted molar refractivity (Wildman–Crippen MR) is 89.6 cm³/mol. The quantitative estimate of drug-likeness (QED) is 0.816. The van der Waals surface area contributed by atoms with E-state index >= 15 is 0 Å². The molecule has 20 heavy (non-hydrogen) atoms. The Labute approximate surface area is 131 Å². The second kappa shape index (κ2) is 8.16. The highest BCUT2D eigenvalue weighted by atomic mass is 79.9. The van der Waals surface area contributed by atoms with Crippen LogP contribution in [0.15, 0.2) is 28.7 Å². The van der Waals surface area contributed by atoms with E-state index in [1.807, 2.05) is 0 Å². The zero-order valence-corrected chi connectivity index (χ0v) is 14.1. The number of halogens is 1. The summed E-state index contributed by atoms with van der Waals surface area (Å²) < 4.78 is 1.20. The molecule has 1 fully saturated rings. The summed E-state index contributed by atoms with van der Waals surface area (Å²) in [5, 5.41) is 0. The fourth-order valence-electron chi connectivity index (χ4n) is 3.44. The van der Waals surface area contributed by atoms with Gasteiger partial charge in [-0.25, -0.2) is 0 Å². The topological polar surface area (TPSA) is 29.3 Å². The molecule has 0 aliphatic heterocycles. The lowest BCUT2D eigenvalue weighted by atomic mass is 9.90. The van der Waals surface area contributed by atoms with E-state index in [1.165, 1.54) is 48.6 Å². The monoisotopic (exact) mass is 338 g/mol. The molecular formula is C17H27BrN2. The van der Waals surface area contributed by atoms with Gasteiger partial charge in [0.05, 0.1) is 0 Å². The first-order chi connectivity index (χ1) is 9.72. The molecule has 1 atom stereocenters. The van der Waals surface area contributed by atoms with E-state index in [2.05, 4.69) is 52.1 Å². The van der Waals surface area contributed by atoms with Crippen LogP contribution in [0.4, 0.5) is 0 Å². The van der Waals surface area contributed by atoms with Crippen LogP contribution in [-0.4, -0.2) is 24.5 Å². The van der Waals surface area contributed by atoms with Gasteiger partial charge in [-0.2, -0.15) is 0 Å². The Balaban J connectivity index is 2.01. The Morgan fingerprint density at radius 2 is 1.85 bits per heavy atom. The molecule has 2 N–H and O–H groups in total. The van der Waals surface area contributed by atoms with Crippen molar-refractivity contribution in [3.63, 3.8) is 0 Å². The standard InChI is InChI=1S/C17H27BrN2/c1-20(13-15-10-6-7-11-16(15)18)17(12-19)14-8-4-2-3-5-9-14/h6-7,10-11,14,17H,2-5,8-9,12-13,19H2,1H3. The maximum absolute atomic E-state index is 6.09. The molecule has 0 aromatic heterocycles. The summed E-state index contributed by atoms with van der Waals surface area (Å²) >= 11 is 3.65. The van der Waals surface area contributed by atoms with Crippen LogP contribution in [0.5, 0.6) is 0 Å². The summed E-state index contributed by atoms with van der Waals surface area (Å²) in [6.45, 7) is 1.74. The second-order valence-corrected chi connectivity index (χ2v) is 6.92. The van der Waals surface area contributed by atoms with Crippen molar-refractivity contribution in [2.45, 2.75) is 51.1 Å². The lowest BCUT2D eigenvalue weighted by molar-refractivity contribution is 0.160. The fraction of sp³-hybridized carbons (Fsp3) is 0.647. The van der Waals surface area contributed by atoms with Crippen molar-refractivity contribution >= 4 is 15.9 Å². The van der Waals surface area contributed by atoms with Gasteiger partial charge in [0.2, 0.25) is 0 Å². The molecule has 0 heterocycles. The summed E-state index contributed by atoms with van der Waals surface area (Å²) in [5.74, 6) is 0.773. The first kappa shape index (κ1) is 16.0. The van der Waals surface area contributed by atoms with Crippen molar-refractivity contribution in [2.24, 2.45) is 11.7 Å². The van der Waals surface area contributed by atoms with Crippen LogP contribution in [0.2, 0.25) is 0 Å². The summed E-state index contributed by atoms with van der Waals surface area (Å²) in [6, 6.07) is 9.00. The highest BCUT2D eigenvalue weighted by Crippen LogP contribution is 2.28. The van der Waals surface area contributed by atoms with Crippen molar-refractivity contribution in [3.05, 3.63) is 34.3 Å². The van der Waals surface area contributed by atoms with E-state index in [9.17, 15) is 0 Å². The minimum atomic E-state index is 0.514. The maximum Gasteiger partial charge on any atom is 0.0247 e. The van der Waals surface area contributed by atoms with Gasteiger partial charge in [0.15, 0.2) is 0 Å². The Morgan fingerprint density at radius 1 is 1.20 bits per heavy atom. The minimum absolute atomic E-state index is 0.514. The van der Waals surface area contributed by atoms with E-state index in [-0.39, 0.29) is 0 Å². The summed E-state index contributed by atoms with van der Waals surface area (Å²) in [4.78, 5) is 2.45. The summed E-state index contributed by atoms with van der Waals surface area (Å²) in [7, 11) is 2.22. The molecule has 1 unspecified atom stereocenters. The minimum Gasteiger partial charge on any atom is -0.329 e. The first-order valence-electron chi connectivity index (χ1n) is 7.86. The first-order valence-corrected chi connectivity index (χ1v) is 8.65. The van der Waals surface area contributed by atoms with Crippen LogP contribution < -0.4 is 5.73 Å². The number of nitrogens with two attached hydrogens (primary N) is 1. The van der Waals surface area contributed by atoms with Gasteiger partial charge in [-0.3, -0.25) is 4.90 Å². The van der Waals surface area contributed by atoms with E-state index < -0.39 is 0 Å². The zero-order valence-electron chi connectivity index (χ0n) is 12.5. The third kappa shape index (κ3) is 4.31. The SMILES string of the molecule is CN(Cc1ccccc1Br)C(CN)C1CCCCCC1. The average Bonchev–Trinajstić information content (AvgIpc) is 2.71. The number of likely N-dealkylation sites (N-methyl/N-ethyl adjacent to an activating group) is 1. The maximum atomic E-state index is 6.09. The Kier molecular flexibility index (Phi) is 6.53. The van der Waals surface area contributed by atoms with Gasteiger partial charge in [0, 0.05) is 23.6 Å². The lowest BCUT2D eigenvalue weighted by Crippen LogP contribution is -2.43. The van der Waals surface area contributed by atoms with Gasteiger partial charge in [-0.05, 0) is 37.4 Å². The third-order valence-corrected chi connectivity index (χ3v) is 5.40. The van der Waals surface area contributed by atoms with Gasteiger partial charge < -0.3 is 5.73 Å². The summed E-state index contributed by atoms with van der Waals surface area (Å²) in [5.41, 5.74) is 7.44. The third-order valence-electron chi connectivity index (χ3n) is 4.63. The van der Waals surface area contributed by atoms with Crippen molar-refractivity contribution in [2.75, 3.05) is 13.6 Å². The van der Waals surface area contributed by atoms with Gasteiger partial charge in [0.25, 0.3) is 0 Å². The average molecular weight is 339 g/mol. The van der Waals surface area contributed by atoms with E-state index in [4.69, 9.17) is 5.73 Å². The molecule has 0 amide bonds. The molecule has 0 bridgehead atoms. The largest absolute Gasteiger partial charge is 0.329 e. The molecule has 1 aliphatic rings. The molecule has 1 aromatic carbocycles. The smallest absolute Gasteiger partial charge is 0.0247 e. The van der Waals surface area contributed by atoms with Crippen LogP contribution in [0, 0.1) is 5.92 Å². The number of benzene rings is 1. The van der Waals surface area contributed by atoms with Crippen LogP contribution in [0.3, 0.4) is 0 Å². The molecule has 2 nitrogen and oxygen atoms in total. The number of rotatable bonds is 5. The Bertz CT molecular complexity index is 400. The number of hydrogen-bond donors (Lipinski definition) is 1. The molecular weight excluding hydrogens is 312 g/mol. The predicted octanol–water partition coefficient (Wildman–Crippen LogP) is 4.18. The van der Waals surface area contributed by atoms with E-state index in [0.29, 0.717) is 6.04 Å². The zero-order chi connectivity index (χ0) is 14.4. The molecule has 112 valence electrons. The second-order valence-electron chi connectivity index (χ2n) is 6.06. The van der Waals surface area contributed by atoms with Crippen molar-refractivity contribution in [1.29, 1.82) is 0 Å². The Morgan fingerprint density at radius 3 is 2.45 bits per heavy atom. The van der Waals surface area contributed by atoms with Crippen LogP contribution in [0.25, 0.3) is 0 Å². The molecule has 0 spiro atoms. The van der Waals surface area contributed by atoms with Crippen LogP contribution in [0.1, 0.15) is 44.1 Å². The fourth-order valence-corrected chi connectivity index (χ4v) is 3.85. The Hall–Kier alpha value is -0.380. The molecule has 0 radical (unpaired) electrons.